The number of hydrogen-bond acceptors (Lipinski definition) is 6. The number of rotatable bonds is 6. The highest BCUT2D eigenvalue weighted by Gasteiger charge is 2.17. The van der Waals surface area contributed by atoms with Gasteiger partial charge in [0.1, 0.15) is 11.6 Å². The summed E-state index contributed by atoms with van der Waals surface area (Å²) in [5.41, 5.74) is 2.98. The summed E-state index contributed by atoms with van der Waals surface area (Å²) in [5, 5.41) is 0. The van der Waals surface area contributed by atoms with Gasteiger partial charge in [-0.1, -0.05) is 0 Å². The number of nitrogens with zero attached hydrogens (tertiary/aromatic N) is 4. The van der Waals surface area contributed by atoms with Crippen LogP contribution in [0.1, 0.15) is 17.5 Å². The highest BCUT2D eigenvalue weighted by molar-refractivity contribution is 7.17. The van der Waals surface area contributed by atoms with Crippen LogP contribution in [-0.2, 0) is 6.54 Å². The van der Waals surface area contributed by atoms with Gasteiger partial charge in [0.25, 0.3) is 5.56 Å². The molecule has 0 unspecified atom stereocenters. The van der Waals surface area contributed by atoms with E-state index < -0.39 is 0 Å². The molecule has 4 aromatic rings. The molecule has 3 heterocycles. The van der Waals surface area contributed by atoms with Gasteiger partial charge < -0.3 is 9.64 Å². The predicted molar refractivity (Wildman–Crippen MR) is 117 cm³/mol. The van der Waals surface area contributed by atoms with Crippen LogP contribution < -0.4 is 15.2 Å². The fourth-order valence-electron chi connectivity index (χ4n) is 3.43. The van der Waals surface area contributed by atoms with Crippen molar-refractivity contribution in [2.75, 3.05) is 18.6 Å². The van der Waals surface area contributed by atoms with E-state index in [2.05, 4.69) is 4.98 Å². The number of aromatic nitrogens is 3. The van der Waals surface area contributed by atoms with E-state index in [4.69, 9.17) is 9.72 Å². The van der Waals surface area contributed by atoms with Crippen LogP contribution in [0.4, 0.5) is 10.1 Å². The van der Waals surface area contributed by atoms with Gasteiger partial charge in [0.05, 0.1) is 31.2 Å². The number of methoxy groups -OCH3 is 1. The molecule has 0 bridgehead atoms. The third kappa shape index (κ3) is 3.78. The predicted octanol–water partition coefficient (Wildman–Crippen LogP) is 4.30. The van der Waals surface area contributed by atoms with Crippen molar-refractivity contribution in [1.29, 1.82) is 0 Å². The number of halogens is 1. The van der Waals surface area contributed by atoms with Gasteiger partial charge in [-0.2, -0.15) is 0 Å². The van der Waals surface area contributed by atoms with Gasteiger partial charge in [-0.15, -0.1) is 11.3 Å². The number of thiazole rings is 1. The highest BCUT2D eigenvalue weighted by atomic mass is 32.1. The van der Waals surface area contributed by atoms with Gasteiger partial charge >= 0.3 is 0 Å². The average Bonchev–Trinajstić information content (AvgIpc) is 3.09. The Hall–Kier alpha value is -3.26. The number of benzene rings is 1. The van der Waals surface area contributed by atoms with Crippen LogP contribution in [0.25, 0.3) is 16.2 Å². The first kappa shape index (κ1) is 20.0. The summed E-state index contributed by atoms with van der Waals surface area (Å²) in [4.78, 5) is 25.6. The summed E-state index contributed by atoms with van der Waals surface area (Å²) in [6, 6.07) is 9.74. The third-order valence-corrected chi connectivity index (χ3v) is 5.85. The molecular formula is C22H21FN4O2S. The number of pyridine rings is 1. The minimum atomic E-state index is -0.277. The van der Waals surface area contributed by atoms with Crippen LogP contribution >= 0.6 is 11.3 Å². The molecule has 0 atom stereocenters. The van der Waals surface area contributed by atoms with E-state index in [-0.39, 0.29) is 11.4 Å². The lowest BCUT2D eigenvalue weighted by molar-refractivity contribution is 0.413. The fourth-order valence-corrected chi connectivity index (χ4v) is 4.45. The molecule has 0 saturated carbocycles. The quantitative estimate of drug-likeness (QED) is 0.462. The molecule has 0 fully saturated rings. The second-order valence-electron chi connectivity index (χ2n) is 6.81. The minimum absolute atomic E-state index is 0.146. The molecule has 0 aliphatic heterocycles. The molecule has 30 heavy (non-hydrogen) atoms. The van der Waals surface area contributed by atoms with E-state index in [9.17, 15) is 9.18 Å². The van der Waals surface area contributed by atoms with Gasteiger partial charge in [-0.25, -0.2) is 9.37 Å². The van der Waals surface area contributed by atoms with Crippen molar-refractivity contribution in [1.82, 2.24) is 14.4 Å². The van der Waals surface area contributed by atoms with E-state index in [1.54, 1.807) is 42.1 Å². The molecular weight excluding hydrogens is 403 g/mol. The summed E-state index contributed by atoms with van der Waals surface area (Å²) in [5.74, 6) is 0.350. The monoisotopic (exact) mass is 424 g/mol. The zero-order valence-corrected chi connectivity index (χ0v) is 17.7. The van der Waals surface area contributed by atoms with E-state index in [0.717, 1.165) is 21.8 Å². The second-order valence-corrected chi connectivity index (χ2v) is 8.00. The topological polar surface area (TPSA) is 59.7 Å². The molecule has 0 N–H and O–H groups in total. The number of ether oxygens (including phenoxy) is 1. The Morgan fingerprint density at radius 1 is 1.20 bits per heavy atom. The van der Waals surface area contributed by atoms with Crippen molar-refractivity contribution >= 4 is 22.0 Å². The molecule has 0 saturated heterocycles. The first-order valence-electron chi connectivity index (χ1n) is 9.52. The smallest absolute Gasteiger partial charge is 0.259 e. The van der Waals surface area contributed by atoms with E-state index in [1.807, 2.05) is 24.8 Å². The standard InChI is InChI=1S/C22H21FN4O2S/c1-4-26(18-7-5-16(23)6-8-18)13-17-10-20(28)27-21(14(2)30-22(27)25-17)15-9-19(29-3)12-24-11-15/h5-12H,4,13H2,1-3H3. The van der Waals surface area contributed by atoms with Crippen molar-refractivity contribution in [3.8, 4) is 17.0 Å². The van der Waals surface area contributed by atoms with Gasteiger partial charge in [-0.05, 0) is 44.2 Å². The second kappa shape index (κ2) is 8.23. The maximum atomic E-state index is 13.3. The average molecular weight is 425 g/mol. The van der Waals surface area contributed by atoms with Crippen LogP contribution in [-0.4, -0.2) is 28.0 Å². The molecule has 0 spiro atoms. The van der Waals surface area contributed by atoms with Crippen LogP contribution in [0, 0.1) is 12.7 Å². The summed E-state index contributed by atoms with van der Waals surface area (Å²) in [6.07, 6.45) is 3.34. The van der Waals surface area contributed by atoms with Crippen molar-refractivity contribution in [3.63, 3.8) is 0 Å². The number of fused-ring (bicyclic) bond motifs is 1. The van der Waals surface area contributed by atoms with Crippen molar-refractivity contribution in [2.24, 2.45) is 0 Å². The van der Waals surface area contributed by atoms with Gasteiger partial charge in [0, 0.05) is 34.9 Å². The Balaban J connectivity index is 1.74. The normalized spacial score (nSPS) is 11.1. The molecule has 154 valence electrons. The molecule has 0 radical (unpaired) electrons. The molecule has 8 heteroatoms. The third-order valence-electron chi connectivity index (χ3n) is 4.89. The molecule has 4 rings (SSSR count). The van der Waals surface area contributed by atoms with Crippen molar-refractivity contribution in [2.45, 2.75) is 20.4 Å². The zero-order valence-electron chi connectivity index (χ0n) is 16.9. The van der Waals surface area contributed by atoms with Crippen LogP contribution in [0.3, 0.4) is 0 Å². The zero-order chi connectivity index (χ0) is 21.3. The highest BCUT2D eigenvalue weighted by Crippen LogP contribution is 2.31. The maximum Gasteiger partial charge on any atom is 0.259 e. The van der Waals surface area contributed by atoms with Crippen molar-refractivity contribution in [3.05, 3.63) is 75.5 Å². The molecule has 3 aromatic heterocycles. The lowest BCUT2D eigenvalue weighted by atomic mass is 10.2. The fraction of sp³-hybridized carbons (Fsp3) is 0.227. The number of hydrogen-bond donors (Lipinski definition) is 0. The molecule has 6 nitrogen and oxygen atoms in total. The Morgan fingerprint density at radius 3 is 2.67 bits per heavy atom. The summed E-state index contributed by atoms with van der Waals surface area (Å²) >= 11 is 1.46. The first-order chi connectivity index (χ1) is 14.5. The number of anilines is 1. The Labute approximate surface area is 177 Å². The number of aryl methyl sites for hydroxylation is 1. The van der Waals surface area contributed by atoms with E-state index >= 15 is 0 Å². The van der Waals surface area contributed by atoms with E-state index in [0.29, 0.717) is 29.5 Å². The van der Waals surface area contributed by atoms with E-state index in [1.165, 1.54) is 23.5 Å². The van der Waals surface area contributed by atoms with Crippen LogP contribution in [0.15, 0.2) is 53.6 Å². The first-order valence-corrected chi connectivity index (χ1v) is 10.3. The lowest BCUT2D eigenvalue weighted by Crippen LogP contribution is -2.24. The molecule has 0 amide bonds. The van der Waals surface area contributed by atoms with Gasteiger partial charge in [-0.3, -0.25) is 14.2 Å². The Morgan fingerprint density at radius 2 is 1.97 bits per heavy atom. The van der Waals surface area contributed by atoms with Gasteiger partial charge in [0.15, 0.2) is 4.96 Å². The van der Waals surface area contributed by atoms with Crippen LogP contribution in [0.2, 0.25) is 0 Å². The molecule has 1 aromatic carbocycles. The largest absolute Gasteiger partial charge is 0.495 e. The minimum Gasteiger partial charge on any atom is -0.495 e. The lowest BCUT2D eigenvalue weighted by Gasteiger charge is -2.22. The summed E-state index contributed by atoms with van der Waals surface area (Å²) in [7, 11) is 1.58. The van der Waals surface area contributed by atoms with Crippen molar-refractivity contribution < 1.29 is 9.13 Å². The summed E-state index contributed by atoms with van der Waals surface area (Å²) in [6.45, 7) is 5.14. The van der Waals surface area contributed by atoms with Gasteiger partial charge in [0.2, 0.25) is 0 Å². The maximum absolute atomic E-state index is 13.3. The Bertz CT molecular complexity index is 1250. The SMILES string of the molecule is CCN(Cc1cc(=O)n2c(-c3cncc(OC)c3)c(C)sc2n1)c1ccc(F)cc1. The Kier molecular flexibility index (Phi) is 5.50. The van der Waals surface area contributed by atoms with Crippen LogP contribution in [0.5, 0.6) is 5.75 Å². The molecule has 0 aliphatic rings. The summed E-state index contributed by atoms with van der Waals surface area (Å²) < 4.78 is 20.1. The molecule has 0 aliphatic carbocycles.